The van der Waals surface area contributed by atoms with E-state index in [0.29, 0.717) is 49.6 Å². The molecule has 1 aliphatic heterocycles. The zero-order chi connectivity index (χ0) is 23.8. The summed E-state index contributed by atoms with van der Waals surface area (Å²) in [6, 6.07) is 13.3. The number of carbonyl (C=O) groups excluding carboxylic acids is 2. The Morgan fingerprint density at radius 3 is 2.76 bits per heavy atom. The summed E-state index contributed by atoms with van der Waals surface area (Å²) in [6.45, 7) is 3.82. The second-order valence-electron chi connectivity index (χ2n) is 8.06. The third-order valence-electron chi connectivity index (χ3n) is 5.73. The van der Waals surface area contributed by atoms with Crippen molar-refractivity contribution >= 4 is 23.4 Å². The van der Waals surface area contributed by atoms with Crippen molar-refractivity contribution in [1.29, 1.82) is 0 Å². The molecule has 0 atom stereocenters. The summed E-state index contributed by atoms with van der Waals surface area (Å²) in [4.78, 5) is 25.7. The van der Waals surface area contributed by atoms with E-state index in [0.717, 1.165) is 28.0 Å². The minimum atomic E-state index is -0.203. The molecule has 1 aliphatic rings. The first-order chi connectivity index (χ1) is 15.9. The van der Waals surface area contributed by atoms with Crippen LogP contribution in [-0.4, -0.2) is 37.0 Å². The third-order valence-corrected chi connectivity index (χ3v) is 5.97. The molecule has 8 heteroatoms. The number of ether oxygens (including phenoxy) is 1. The minimum Gasteiger partial charge on any atom is -0.497 e. The lowest BCUT2D eigenvalue weighted by Crippen LogP contribution is -2.46. The number of nitrogens with one attached hydrogen (secondary N) is 2. The van der Waals surface area contributed by atoms with Crippen LogP contribution in [0.15, 0.2) is 53.6 Å². The number of amides is 2. The maximum Gasteiger partial charge on any atom is 0.264 e. The Hall–Kier alpha value is -2.87. The van der Waals surface area contributed by atoms with Gasteiger partial charge in [-0.25, -0.2) is 5.43 Å². The SMILES string of the molecule is COc1cccc(CNN2CCC(C)=C(CC(=O)NCc3cc(Cl)ccc3CCN)C2=O)c1. The standard InChI is InChI=1S/C25H31ClN4O3/c1-17-9-11-30(29-15-18-4-3-5-22(12-18)33-2)25(32)23(17)14-24(31)28-16-20-13-21(26)7-6-19(20)8-10-27/h3-7,12-13,29H,8-11,14-16,27H2,1-2H3,(H,28,31). The summed E-state index contributed by atoms with van der Waals surface area (Å²) in [5.41, 5.74) is 13.3. The highest BCUT2D eigenvalue weighted by atomic mass is 35.5. The van der Waals surface area contributed by atoms with Crippen LogP contribution in [0.1, 0.15) is 36.5 Å². The molecule has 0 saturated heterocycles. The van der Waals surface area contributed by atoms with Gasteiger partial charge in [0.05, 0.1) is 13.5 Å². The van der Waals surface area contributed by atoms with Crippen molar-refractivity contribution in [3.63, 3.8) is 0 Å². The highest BCUT2D eigenvalue weighted by molar-refractivity contribution is 6.30. The Kier molecular flexibility index (Phi) is 8.88. The Labute approximate surface area is 199 Å². The van der Waals surface area contributed by atoms with Gasteiger partial charge in [-0.15, -0.1) is 0 Å². The van der Waals surface area contributed by atoms with Crippen LogP contribution in [0.3, 0.4) is 0 Å². The number of rotatable bonds is 10. The molecule has 3 rings (SSSR count). The van der Waals surface area contributed by atoms with Crippen molar-refractivity contribution in [1.82, 2.24) is 15.8 Å². The van der Waals surface area contributed by atoms with Crippen LogP contribution in [0.25, 0.3) is 0 Å². The summed E-state index contributed by atoms with van der Waals surface area (Å²) >= 11 is 6.12. The molecule has 2 amide bonds. The molecule has 7 nitrogen and oxygen atoms in total. The van der Waals surface area contributed by atoms with Gasteiger partial charge in [0.1, 0.15) is 5.75 Å². The van der Waals surface area contributed by atoms with E-state index in [4.69, 9.17) is 22.1 Å². The summed E-state index contributed by atoms with van der Waals surface area (Å²) in [6.07, 6.45) is 1.46. The van der Waals surface area contributed by atoms with Crippen LogP contribution >= 0.6 is 11.6 Å². The second kappa shape index (κ2) is 11.8. The van der Waals surface area contributed by atoms with Crippen molar-refractivity contribution in [3.8, 4) is 5.75 Å². The molecular formula is C25H31ClN4O3. The Balaban J connectivity index is 1.58. The highest BCUT2D eigenvalue weighted by Gasteiger charge is 2.26. The molecule has 2 aromatic carbocycles. The predicted octanol–water partition coefficient (Wildman–Crippen LogP) is 3.11. The molecular weight excluding hydrogens is 440 g/mol. The number of hydrazine groups is 1. The molecule has 1 heterocycles. The van der Waals surface area contributed by atoms with Gasteiger partial charge in [0, 0.05) is 30.2 Å². The first-order valence-corrected chi connectivity index (χ1v) is 11.4. The number of methoxy groups -OCH3 is 1. The van der Waals surface area contributed by atoms with Crippen LogP contribution in [0, 0.1) is 0 Å². The van der Waals surface area contributed by atoms with Crippen LogP contribution in [0.5, 0.6) is 5.75 Å². The Bertz CT molecular complexity index is 1040. The Morgan fingerprint density at radius 2 is 2.00 bits per heavy atom. The largest absolute Gasteiger partial charge is 0.497 e. The number of hydrogen-bond donors (Lipinski definition) is 3. The van der Waals surface area contributed by atoms with E-state index in [9.17, 15) is 9.59 Å². The Morgan fingerprint density at radius 1 is 1.18 bits per heavy atom. The van der Waals surface area contributed by atoms with Gasteiger partial charge in [0.15, 0.2) is 0 Å². The minimum absolute atomic E-state index is 0.0365. The van der Waals surface area contributed by atoms with Crippen LogP contribution in [0.2, 0.25) is 5.02 Å². The van der Waals surface area contributed by atoms with Crippen molar-refractivity contribution in [2.45, 2.75) is 39.3 Å². The zero-order valence-electron chi connectivity index (χ0n) is 19.1. The smallest absolute Gasteiger partial charge is 0.264 e. The van der Waals surface area contributed by atoms with E-state index in [1.165, 1.54) is 0 Å². The summed E-state index contributed by atoms with van der Waals surface area (Å²) < 4.78 is 5.25. The molecule has 2 aromatic rings. The fourth-order valence-corrected chi connectivity index (χ4v) is 3.99. The van der Waals surface area contributed by atoms with E-state index in [2.05, 4.69) is 10.7 Å². The van der Waals surface area contributed by atoms with E-state index in [-0.39, 0.29) is 18.2 Å². The van der Waals surface area contributed by atoms with Crippen molar-refractivity contribution in [3.05, 3.63) is 75.3 Å². The van der Waals surface area contributed by atoms with Gasteiger partial charge in [-0.1, -0.05) is 35.4 Å². The third kappa shape index (κ3) is 6.81. The van der Waals surface area contributed by atoms with Gasteiger partial charge in [0.2, 0.25) is 5.91 Å². The number of halogens is 1. The maximum atomic E-state index is 13.0. The maximum absolute atomic E-state index is 13.0. The van der Waals surface area contributed by atoms with Gasteiger partial charge in [-0.3, -0.25) is 14.6 Å². The molecule has 0 radical (unpaired) electrons. The molecule has 176 valence electrons. The number of hydrogen-bond acceptors (Lipinski definition) is 5. The summed E-state index contributed by atoms with van der Waals surface area (Å²) in [5.74, 6) is 0.399. The van der Waals surface area contributed by atoms with Gasteiger partial charge in [-0.2, -0.15) is 0 Å². The average molecular weight is 471 g/mol. The molecule has 0 bridgehead atoms. The number of nitrogens with two attached hydrogens (primary N) is 1. The zero-order valence-corrected chi connectivity index (χ0v) is 19.9. The lowest BCUT2D eigenvalue weighted by Gasteiger charge is -2.30. The quantitative estimate of drug-likeness (QED) is 0.495. The molecule has 0 aliphatic carbocycles. The second-order valence-corrected chi connectivity index (χ2v) is 8.49. The summed E-state index contributed by atoms with van der Waals surface area (Å²) in [5, 5.41) is 5.12. The number of nitrogens with zero attached hydrogens (tertiary/aromatic N) is 1. The van der Waals surface area contributed by atoms with Gasteiger partial charge >= 0.3 is 0 Å². The van der Waals surface area contributed by atoms with Gasteiger partial charge in [-0.05, 0) is 67.3 Å². The first-order valence-electron chi connectivity index (χ1n) is 11.0. The fraction of sp³-hybridized carbons (Fsp3) is 0.360. The number of carbonyl (C=O) groups is 2. The van der Waals surface area contributed by atoms with Crippen molar-refractivity contribution in [2.75, 3.05) is 20.2 Å². The lowest BCUT2D eigenvalue weighted by atomic mass is 9.98. The molecule has 4 N–H and O–H groups in total. The molecule has 0 fully saturated rings. The monoisotopic (exact) mass is 470 g/mol. The van der Waals surface area contributed by atoms with Crippen LogP contribution in [-0.2, 0) is 29.1 Å². The molecule has 33 heavy (non-hydrogen) atoms. The first kappa shape index (κ1) is 24.8. The van der Waals surface area contributed by atoms with Gasteiger partial charge < -0.3 is 15.8 Å². The van der Waals surface area contributed by atoms with Crippen molar-refractivity contribution < 1.29 is 14.3 Å². The molecule has 0 aromatic heterocycles. The lowest BCUT2D eigenvalue weighted by molar-refractivity contribution is -0.132. The normalized spacial score (nSPS) is 13.9. The highest BCUT2D eigenvalue weighted by Crippen LogP contribution is 2.22. The average Bonchev–Trinajstić information content (AvgIpc) is 2.81. The van der Waals surface area contributed by atoms with E-state index in [1.807, 2.05) is 49.4 Å². The van der Waals surface area contributed by atoms with E-state index >= 15 is 0 Å². The summed E-state index contributed by atoms with van der Waals surface area (Å²) in [7, 11) is 1.62. The van der Waals surface area contributed by atoms with E-state index in [1.54, 1.807) is 12.1 Å². The number of benzene rings is 2. The van der Waals surface area contributed by atoms with Crippen molar-refractivity contribution in [2.24, 2.45) is 5.73 Å². The molecule has 0 spiro atoms. The fourth-order valence-electron chi connectivity index (χ4n) is 3.80. The van der Waals surface area contributed by atoms with E-state index < -0.39 is 0 Å². The predicted molar refractivity (Wildman–Crippen MR) is 130 cm³/mol. The van der Waals surface area contributed by atoms with Crippen LogP contribution < -0.4 is 21.2 Å². The molecule has 0 saturated carbocycles. The molecule has 0 unspecified atom stereocenters. The van der Waals surface area contributed by atoms with Crippen LogP contribution in [0.4, 0.5) is 0 Å². The topological polar surface area (TPSA) is 96.7 Å². The van der Waals surface area contributed by atoms with Gasteiger partial charge in [0.25, 0.3) is 5.91 Å².